The maximum Gasteiger partial charge on any atom is 0.475 e. The third-order valence-electron chi connectivity index (χ3n) is 9.85. The quantitative estimate of drug-likeness (QED) is 0.0998. The number of nitrogens with zero attached hydrogens (tertiary/aromatic N) is 5. The number of hydrogen-bond acceptors (Lipinski definition) is 17. The fourth-order valence-corrected chi connectivity index (χ4v) is 8.82. The van der Waals surface area contributed by atoms with Crippen molar-refractivity contribution >= 4 is 71.9 Å². The van der Waals surface area contributed by atoms with Gasteiger partial charge in [0.1, 0.15) is 12.1 Å². The fraction of sp³-hybridized carbons (Fsp3) is 0.750. The van der Waals surface area contributed by atoms with E-state index in [-0.39, 0.29) is 32.1 Å². The van der Waals surface area contributed by atoms with Crippen LogP contribution in [0, 0.1) is 5.92 Å². The minimum Gasteiger partial charge on any atom is -0.426 e. The Labute approximate surface area is 331 Å². The molecule has 310 valence electrons. The van der Waals surface area contributed by atoms with Crippen molar-refractivity contribution in [2.45, 2.75) is 51.6 Å². The van der Waals surface area contributed by atoms with Crippen LogP contribution in [0.1, 0.15) is 33.6 Å². The van der Waals surface area contributed by atoms with Crippen LogP contribution in [0.4, 0.5) is 0 Å². The van der Waals surface area contributed by atoms with Crippen molar-refractivity contribution in [1.29, 1.82) is 0 Å². The topological polar surface area (TPSA) is 269 Å². The first-order chi connectivity index (χ1) is 26.6. The van der Waals surface area contributed by atoms with Gasteiger partial charge in [-0.15, -0.1) is 0 Å². The van der Waals surface area contributed by atoms with E-state index in [1.165, 1.54) is 11.8 Å². The third kappa shape index (κ3) is 14.3. The van der Waals surface area contributed by atoms with E-state index in [0.717, 1.165) is 0 Å². The van der Waals surface area contributed by atoms with Gasteiger partial charge >= 0.3 is 194 Å². The molecule has 4 saturated heterocycles. The molecule has 0 aromatic rings. The van der Waals surface area contributed by atoms with Gasteiger partial charge in [-0.25, -0.2) is 0 Å². The average molecular weight is 852 g/mol. The molecule has 5 amide bonds. The van der Waals surface area contributed by atoms with Crippen molar-refractivity contribution in [2.75, 3.05) is 98.2 Å². The maximum atomic E-state index is 13.1. The molecule has 5 atom stereocenters. The summed E-state index contributed by atoms with van der Waals surface area (Å²) in [6.45, 7) is 7.01. The molecule has 0 aliphatic carbocycles. The van der Waals surface area contributed by atoms with Crippen molar-refractivity contribution in [1.82, 2.24) is 45.8 Å². The minimum atomic E-state index is -3.99. The summed E-state index contributed by atoms with van der Waals surface area (Å²) < 4.78 is 16.0. The summed E-state index contributed by atoms with van der Waals surface area (Å²) in [6.07, 6.45) is 1.01. The van der Waals surface area contributed by atoms with Crippen LogP contribution < -0.4 is 21.3 Å². The first kappa shape index (κ1) is 44.9. The van der Waals surface area contributed by atoms with E-state index in [4.69, 9.17) is 10.6 Å². The number of fused-ring (bicyclic) bond motifs is 7. The zero-order chi connectivity index (χ0) is 40.9. The molecule has 4 rings (SSSR count). The van der Waals surface area contributed by atoms with Crippen LogP contribution in [0.25, 0.3) is 0 Å². The van der Waals surface area contributed by atoms with Crippen LogP contribution in [0.2, 0.25) is 0 Å². The predicted octanol–water partition coefficient (Wildman–Crippen LogP) is -6.27. The summed E-state index contributed by atoms with van der Waals surface area (Å²) >= 11 is -3.99. The van der Waals surface area contributed by atoms with E-state index in [9.17, 15) is 48.4 Å². The molecule has 56 heavy (non-hydrogen) atoms. The molecule has 24 heteroatoms. The number of nitrogens with one attached hydrogen (secondary N) is 4. The molecule has 4 aliphatic rings. The molecular formula is C32H53BGaN9O13. The van der Waals surface area contributed by atoms with E-state index in [1.54, 1.807) is 13.8 Å². The first-order valence-corrected chi connectivity index (χ1v) is 21.8. The molecule has 0 radical (unpaired) electrons. The van der Waals surface area contributed by atoms with E-state index < -0.39 is 103 Å². The van der Waals surface area contributed by atoms with Crippen LogP contribution in [-0.2, 0) is 48.9 Å². The Kier molecular flexibility index (Phi) is 17.4. The Bertz CT molecular complexity index is 1430. The second-order valence-electron chi connectivity index (χ2n) is 14.6. The van der Waals surface area contributed by atoms with Crippen molar-refractivity contribution in [3.8, 4) is 0 Å². The van der Waals surface area contributed by atoms with Gasteiger partial charge in [0.15, 0.2) is 0 Å². The number of rotatable bonds is 12. The summed E-state index contributed by atoms with van der Waals surface area (Å²) in [5, 5.41) is 29.3. The van der Waals surface area contributed by atoms with E-state index >= 15 is 0 Å². The van der Waals surface area contributed by atoms with Gasteiger partial charge in [-0.3, -0.25) is 19.2 Å². The SMILES string of the molecule is CC(C)[C@H](NC(=O)CNC(=O)CNC(=O)CN1CCN2CCN3CCN(CC1)CC(=O)[O][Ga]([O]C(=O)C2)[O]C(=O)C3)C(=O)N[C@H](C)C(=O)N1CCC[C@H]1B(O)O. The minimum absolute atomic E-state index is 0.0403. The van der Waals surface area contributed by atoms with Gasteiger partial charge in [0.25, 0.3) is 0 Å². The normalized spacial score (nSPS) is 24.9. The van der Waals surface area contributed by atoms with Crippen molar-refractivity contribution in [2.24, 2.45) is 5.92 Å². The Morgan fingerprint density at radius 3 is 1.70 bits per heavy atom. The summed E-state index contributed by atoms with van der Waals surface area (Å²) in [7, 11) is -1.70. The summed E-state index contributed by atoms with van der Waals surface area (Å²) in [5.74, 6) is -6.05. The van der Waals surface area contributed by atoms with Gasteiger partial charge in [0.05, 0.1) is 12.5 Å². The van der Waals surface area contributed by atoms with Crippen LogP contribution in [-0.4, -0.2) is 223 Å². The number of carbonyl (C=O) groups is 8. The molecule has 4 aliphatic heterocycles. The predicted molar refractivity (Wildman–Crippen MR) is 195 cm³/mol. The smallest absolute Gasteiger partial charge is 0.426 e. The molecule has 2 unspecified atom stereocenters. The van der Waals surface area contributed by atoms with Crippen LogP contribution >= 0.6 is 0 Å². The molecule has 0 saturated carbocycles. The van der Waals surface area contributed by atoms with Gasteiger partial charge in [0.2, 0.25) is 17.7 Å². The second-order valence-corrected chi connectivity index (χ2v) is 17.3. The van der Waals surface area contributed by atoms with E-state index in [2.05, 4.69) is 21.3 Å². The Hall–Kier alpha value is -3.78. The van der Waals surface area contributed by atoms with Gasteiger partial charge in [-0.1, -0.05) is 13.8 Å². The van der Waals surface area contributed by atoms with Crippen LogP contribution in [0.15, 0.2) is 0 Å². The molecule has 22 nitrogen and oxygen atoms in total. The third-order valence-corrected chi connectivity index (χ3v) is 12.7. The van der Waals surface area contributed by atoms with Crippen molar-refractivity contribution in [3.63, 3.8) is 0 Å². The van der Waals surface area contributed by atoms with Crippen LogP contribution in [0.5, 0.6) is 0 Å². The molecule has 4 heterocycles. The first-order valence-electron chi connectivity index (χ1n) is 18.9. The summed E-state index contributed by atoms with van der Waals surface area (Å²) in [6, 6.07) is -2.04. The number of likely N-dealkylation sites (tertiary alicyclic amines) is 1. The van der Waals surface area contributed by atoms with E-state index in [1.807, 2.05) is 19.6 Å². The number of amides is 5. The Morgan fingerprint density at radius 2 is 1.20 bits per heavy atom. The largest absolute Gasteiger partial charge is 0.475 e. The molecule has 6 N–H and O–H groups in total. The summed E-state index contributed by atoms with van der Waals surface area (Å²) in [5.41, 5.74) is 0. The van der Waals surface area contributed by atoms with Gasteiger partial charge in [-0.2, -0.15) is 0 Å². The van der Waals surface area contributed by atoms with Gasteiger partial charge < -0.3 is 30.9 Å². The van der Waals surface area contributed by atoms with Gasteiger partial charge in [0, 0.05) is 6.54 Å². The Morgan fingerprint density at radius 1 is 0.714 bits per heavy atom. The maximum absolute atomic E-state index is 13.1. The standard InChI is InChI=1S/C32H56BN9O13.Ga/c1-21(2)30(31(52)36-22(3)32(53)42-6-4-5-23(42)33(54)55)37-25(44)16-34-24(43)15-35-26(45)17-38-7-9-39(18-27(46)47)11-13-41(20-29(50)51)14-12-40(10-8-38)19-28(48)49;/h21-23,30,54-55H,4-20H2,1-3H3,(H,34,43)(H,35,45)(H,36,52)(H,37,44)(H,46,47)(H,48,49)(H,50,51);/q;+3/p-3/t22-,23+,30+;/m1./s1. The molecule has 0 spiro atoms. The van der Waals surface area contributed by atoms with Crippen molar-refractivity contribution in [3.05, 3.63) is 0 Å². The average Bonchev–Trinajstić information content (AvgIpc) is 3.61. The number of hydrogen-bond donors (Lipinski definition) is 6. The number of carbonyl (C=O) groups excluding carboxylic acids is 8. The molecule has 4 fully saturated rings. The zero-order valence-electron chi connectivity index (χ0n) is 32.1. The summed E-state index contributed by atoms with van der Waals surface area (Å²) in [4.78, 5) is 111. The second kappa shape index (κ2) is 21.7. The van der Waals surface area contributed by atoms with Crippen LogP contribution in [0.3, 0.4) is 0 Å². The molecule has 0 aromatic heterocycles. The molecular weight excluding hydrogens is 799 g/mol. The zero-order valence-corrected chi connectivity index (χ0v) is 34.5. The van der Waals surface area contributed by atoms with E-state index in [0.29, 0.717) is 71.7 Å². The fourth-order valence-electron chi connectivity index (χ4n) is 6.69. The molecule has 4 bridgehead atoms. The van der Waals surface area contributed by atoms with Gasteiger partial charge in [-0.05, 0) is 25.7 Å². The molecule has 0 aromatic carbocycles. The monoisotopic (exact) mass is 851 g/mol. The Balaban J connectivity index is 1.25. The van der Waals surface area contributed by atoms with Crippen molar-refractivity contribution < 1.29 is 59.0 Å².